The third-order valence-corrected chi connectivity index (χ3v) is 5.43. The molecule has 3 aromatic rings. The molecule has 0 fully saturated rings. The summed E-state index contributed by atoms with van der Waals surface area (Å²) in [5, 5.41) is 0. The van der Waals surface area contributed by atoms with Gasteiger partial charge in [-0.05, 0) is 51.0 Å². The largest absolute Gasteiger partial charge is 0.494 e. The van der Waals surface area contributed by atoms with Crippen molar-refractivity contribution < 1.29 is 9.47 Å². The van der Waals surface area contributed by atoms with Crippen molar-refractivity contribution in [2.45, 2.75) is 53.2 Å². The van der Waals surface area contributed by atoms with Gasteiger partial charge in [0, 0.05) is 35.1 Å². The van der Waals surface area contributed by atoms with Gasteiger partial charge < -0.3 is 14.0 Å². The van der Waals surface area contributed by atoms with Crippen LogP contribution in [0, 0.1) is 6.92 Å². The summed E-state index contributed by atoms with van der Waals surface area (Å²) < 4.78 is 14.2. The van der Waals surface area contributed by atoms with Gasteiger partial charge in [-0.1, -0.05) is 19.1 Å². The molecule has 3 heterocycles. The van der Waals surface area contributed by atoms with Crippen LogP contribution in [0.4, 0.5) is 0 Å². The molecule has 1 aromatic carbocycles. The molecule has 5 nitrogen and oxygen atoms in total. The fourth-order valence-electron chi connectivity index (χ4n) is 4.02. The molecule has 0 spiro atoms. The molecule has 0 unspecified atom stereocenters. The van der Waals surface area contributed by atoms with Gasteiger partial charge in [-0.25, -0.2) is 4.98 Å². The maximum Gasteiger partial charge on any atom is 0.141 e. The smallest absolute Gasteiger partial charge is 0.141 e. The minimum absolute atomic E-state index is 0.150. The van der Waals surface area contributed by atoms with Gasteiger partial charge in [0.05, 0.1) is 31.6 Å². The molecule has 4 rings (SSSR count). The Balaban J connectivity index is 1.89. The van der Waals surface area contributed by atoms with Gasteiger partial charge in [-0.2, -0.15) is 0 Å². The van der Waals surface area contributed by atoms with Crippen LogP contribution in [0.3, 0.4) is 0 Å². The van der Waals surface area contributed by atoms with Crippen LogP contribution in [0.25, 0.3) is 22.6 Å². The summed E-state index contributed by atoms with van der Waals surface area (Å²) in [6, 6.07) is 10.6. The van der Waals surface area contributed by atoms with Crippen molar-refractivity contribution in [1.29, 1.82) is 0 Å². The molecule has 1 atom stereocenters. The van der Waals surface area contributed by atoms with Crippen molar-refractivity contribution in [1.82, 2.24) is 14.5 Å². The van der Waals surface area contributed by atoms with Crippen molar-refractivity contribution in [3.05, 3.63) is 53.5 Å². The molecule has 0 radical (unpaired) electrons. The van der Waals surface area contributed by atoms with Crippen LogP contribution in [0.5, 0.6) is 5.75 Å². The normalized spacial score (nSPS) is 16.3. The van der Waals surface area contributed by atoms with Crippen LogP contribution in [0.15, 0.2) is 36.5 Å². The lowest BCUT2D eigenvalue weighted by Crippen LogP contribution is -2.15. The third kappa shape index (κ3) is 3.92. The fourth-order valence-corrected chi connectivity index (χ4v) is 4.02. The molecule has 0 bridgehead atoms. The van der Waals surface area contributed by atoms with E-state index in [1.807, 2.05) is 26.1 Å². The van der Waals surface area contributed by atoms with Gasteiger partial charge in [0.25, 0.3) is 0 Å². The monoisotopic (exact) mass is 391 g/mol. The average Bonchev–Trinajstić information content (AvgIpc) is 2.95. The molecule has 0 N–H and O–H groups in total. The molecule has 152 valence electrons. The zero-order chi connectivity index (χ0) is 20.4. The first-order valence-corrected chi connectivity index (χ1v) is 10.5. The van der Waals surface area contributed by atoms with Gasteiger partial charge in [-0.15, -0.1) is 0 Å². The van der Waals surface area contributed by atoms with Crippen LogP contribution in [-0.4, -0.2) is 33.9 Å². The van der Waals surface area contributed by atoms with Crippen molar-refractivity contribution >= 4 is 0 Å². The number of fused-ring (bicyclic) bond motifs is 1. The lowest BCUT2D eigenvalue weighted by Gasteiger charge is -2.14. The first kappa shape index (κ1) is 19.6. The number of nitrogens with zero attached hydrogens (tertiary/aromatic N) is 3. The predicted molar refractivity (Wildman–Crippen MR) is 115 cm³/mol. The zero-order valence-electron chi connectivity index (χ0n) is 17.7. The number of rotatable bonds is 5. The van der Waals surface area contributed by atoms with Crippen LogP contribution in [0.1, 0.15) is 37.7 Å². The fraction of sp³-hybridized carbons (Fsp3) is 0.417. The first-order valence-electron chi connectivity index (χ1n) is 10.5. The Morgan fingerprint density at radius 3 is 2.79 bits per heavy atom. The molecular formula is C24H29N3O2. The summed E-state index contributed by atoms with van der Waals surface area (Å²) in [5.74, 6) is 1.93. The molecule has 1 aliphatic heterocycles. The Bertz CT molecular complexity index is 1010. The van der Waals surface area contributed by atoms with Crippen molar-refractivity contribution in [3.63, 3.8) is 0 Å². The van der Waals surface area contributed by atoms with Crippen LogP contribution in [-0.2, 0) is 24.1 Å². The summed E-state index contributed by atoms with van der Waals surface area (Å²) in [5.41, 5.74) is 6.67. The van der Waals surface area contributed by atoms with E-state index in [0.29, 0.717) is 13.2 Å². The highest BCUT2D eigenvalue weighted by Gasteiger charge is 2.24. The highest BCUT2D eigenvalue weighted by atomic mass is 16.5. The van der Waals surface area contributed by atoms with E-state index in [1.54, 1.807) is 0 Å². The van der Waals surface area contributed by atoms with Crippen LogP contribution < -0.4 is 4.74 Å². The van der Waals surface area contributed by atoms with E-state index in [0.717, 1.165) is 53.5 Å². The Morgan fingerprint density at radius 1 is 1.17 bits per heavy atom. The number of ether oxygens (including phenoxy) is 2. The molecule has 29 heavy (non-hydrogen) atoms. The molecule has 0 saturated heterocycles. The van der Waals surface area contributed by atoms with E-state index < -0.39 is 0 Å². The predicted octanol–water partition coefficient (Wildman–Crippen LogP) is 4.84. The van der Waals surface area contributed by atoms with Gasteiger partial charge in [0.2, 0.25) is 0 Å². The number of aromatic nitrogens is 3. The molecule has 1 aliphatic rings. The number of hydrogen-bond acceptors (Lipinski definition) is 4. The number of benzene rings is 1. The third-order valence-electron chi connectivity index (χ3n) is 5.43. The number of imidazole rings is 1. The van der Waals surface area contributed by atoms with Crippen molar-refractivity contribution in [3.8, 4) is 28.4 Å². The minimum Gasteiger partial charge on any atom is -0.494 e. The molecule has 0 saturated carbocycles. The summed E-state index contributed by atoms with van der Waals surface area (Å²) in [6.07, 6.45) is 3.80. The molecule has 5 heteroatoms. The SMILES string of the molecule is CCOc1cc(-c2nc(-c3ccnc(C)c3)c3n2C[C@@H](C)OCC3)ccc1CC. The quantitative estimate of drug-likeness (QED) is 0.624. The number of hydrogen-bond donors (Lipinski definition) is 0. The van der Waals surface area contributed by atoms with E-state index in [9.17, 15) is 0 Å². The van der Waals surface area contributed by atoms with E-state index in [1.165, 1.54) is 11.3 Å². The topological polar surface area (TPSA) is 49.2 Å². The van der Waals surface area contributed by atoms with Crippen LogP contribution in [0.2, 0.25) is 0 Å². The Hall–Kier alpha value is -2.66. The lowest BCUT2D eigenvalue weighted by atomic mass is 10.1. The summed E-state index contributed by atoms with van der Waals surface area (Å²) in [4.78, 5) is 9.48. The van der Waals surface area contributed by atoms with Gasteiger partial charge in [-0.3, -0.25) is 4.98 Å². The lowest BCUT2D eigenvalue weighted by molar-refractivity contribution is 0.0666. The van der Waals surface area contributed by atoms with E-state index in [4.69, 9.17) is 14.5 Å². The molecule has 0 aliphatic carbocycles. The number of pyridine rings is 1. The van der Waals surface area contributed by atoms with Crippen molar-refractivity contribution in [2.24, 2.45) is 0 Å². The molecule has 0 amide bonds. The highest BCUT2D eigenvalue weighted by Crippen LogP contribution is 2.34. The maximum absolute atomic E-state index is 5.96. The zero-order valence-corrected chi connectivity index (χ0v) is 17.7. The molecule has 2 aromatic heterocycles. The van der Waals surface area contributed by atoms with E-state index in [-0.39, 0.29) is 6.10 Å². The second-order valence-corrected chi connectivity index (χ2v) is 7.57. The average molecular weight is 392 g/mol. The Kier molecular flexibility index (Phi) is 5.67. The van der Waals surface area contributed by atoms with Gasteiger partial charge >= 0.3 is 0 Å². The summed E-state index contributed by atoms with van der Waals surface area (Å²) in [7, 11) is 0. The Labute approximate surface area is 172 Å². The maximum atomic E-state index is 5.96. The van der Waals surface area contributed by atoms with Gasteiger partial charge in [0.15, 0.2) is 0 Å². The Morgan fingerprint density at radius 2 is 2.03 bits per heavy atom. The standard InChI is InChI=1S/C24H29N3O2/c1-5-18-7-8-20(14-22(18)28-6-2)24-26-23(19-9-11-25-16(3)13-19)21-10-12-29-17(4)15-27(21)24/h7-9,11,13-14,17H,5-6,10,12,15H2,1-4H3/t17-/m1/s1. The van der Waals surface area contributed by atoms with E-state index in [2.05, 4.69) is 47.7 Å². The summed E-state index contributed by atoms with van der Waals surface area (Å²) >= 11 is 0. The van der Waals surface area contributed by atoms with Crippen molar-refractivity contribution in [2.75, 3.05) is 13.2 Å². The minimum atomic E-state index is 0.150. The second-order valence-electron chi connectivity index (χ2n) is 7.57. The molecular weight excluding hydrogens is 362 g/mol. The van der Waals surface area contributed by atoms with Crippen LogP contribution >= 0.6 is 0 Å². The second kappa shape index (κ2) is 8.37. The van der Waals surface area contributed by atoms with Gasteiger partial charge in [0.1, 0.15) is 11.6 Å². The first-order chi connectivity index (χ1) is 14.1. The van der Waals surface area contributed by atoms with E-state index >= 15 is 0 Å². The number of aryl methyl sites for hydroxylation is 2. The summed E-state index contributed by atoms with van der Waals surface area (Å²) in [6.45, 7) is 10.5. The highest BCUT2D eigenvalue weighted by molar-refractivity contribution is 5.69.